The van der Waals surface area contributed by atoms with Crippen LogP contribution >= 0.6 is 34.7 Å². The van der Waals surface area contributed by atoms with Crippen molar-refractivity contribution in [3.8, 4) is 10.4 Å². The van der Waals surface area contributed by atoms with Gasteiger partial charge in [0.25, 0.3) is 5.91 Å². The van der Waals surface area contributed by atoms with Gasteiger partial charge in [0.05, 0.1) is 4.88 Å². The Bertz CT molecular complexity index is 780. The molecule has 0 saturated heterocycles. The van der Waals surface area contributed by atoms with Crippen LogP contribution in [0.15, 0.2) is 29.2 Å². The van der Waals surface area contributed by atoms with Crippen molar-refractivity contribution in [1.29, 1.82) is 0 Å². The average molecular weight is 378 g/mol. The second-order valence-electron chi connectivity index (χ2n) is 6.60. The number of carbonyl (C=O) groups excluding carboxylic acids is 1. The van der Waals surface area contributed by atoms with Crippen LogP contribution < -0.4 is 0 Å². The van der Waals surface area contributed by atoms with Gasteiger partial charge in [-0.1, -0.05) is 36.9 Å². The lowest BCUT2D eigenvalue weighted by Gasteiger charge is -2.30. The van der Waals surface area contributed by atoms with Crippen LogP contribution in [0.1, 0.15) is 47.3 Å². The van der Waals surface area contributed by atoms with Crippen molar-refractivity contribution in [3.05, 3.63) is 39.7 Å². The van der Waals surface area contributed by atoms with Crippen LogP contribution in [0.25, 0.3) is 10.4 Å². The molecule has 0 N–H and O–H groups in total. The van der Waals surface area contributed by atoms with E-state index in [1.54, 1.807) is 23.1 Å². The Kier molecular flexibility index (Phi) is 4.63. The second kappa shape index (κ2) is 6.74. The number of amides is 1. The third-order valence-electron chi connectivity index (χ3n) is 5.03. The first-order chi connectivity index (χ1) is 11.6. The number of nitrogens with zero attached hydrogens (tertiary/aromatic N) is 1. The van der Waals surface area contributed by atoms with Crippen molar-refractivity contribution in [2.24, 2.45) is 0 Å². The molecule has 0 spiro atoms. The molecular formula is C19H20ClNOS2. The molecule has 2 aliphatic rings. The van der Waals surface area contributed by atoms with Crippen LogP contribution in [0.3, 0.4) is 0 Å². The zero-order valence-corrected chi connectivity index (χ0v) is 16.1. The highest BCUT2D eigenvalue weighted by atomic mass is 35.5. The number of hydrogen-bond acceptors (Lipinski definition) is 3. The number of benzene rings is 1. The van der Waals surface area contributed by atoms with Gasteiger partial charge >= 0.3 is 0 Å². The van der Waals surface area contributed by atoms with Crippen molar-refractivity contribution >= 4 is 40.6 Å². The maximum Gasteiger partial charge on any atom is 0.263 e. The Labute approximate surface area is 156 Å². The topological polar surface area (TPSA) is 20.3 Å². The molecule has 2 nitrogen and oxygen atoms in total. The van der Waals surface area contributed by atoms with Crippen molar-refractivity contribution in [2.45, 2.75) is 48.8 Å². The molecule has 1 amide bonds. The van der Waals surface area contributed by atoms with E-state index < -0.39 is 0 Å². The first-order valence-corrected chi connectivity index (χ1v) is 10.6. The number of halogens is 1. The molecule has 24 heavy (non-hydrogen) atoms. The van der Waals surface area contributed by atoms with E-state index in [1.165, 1.54) is 40.2 Å². The molecule has 1 saturated carbocycles. The second-order valence-corrected chi connectivity index (χ2v) is 9.11. The molecule has 1 aliphatic heterocycles. The van der Waals surface area contributed by atoms with Crippen LogP contribution in [0.5, 0.6) is 0 Å². The summed E-state index contributed by atoms with van der Waals surface area (Å²) in [4.78, 5) is 18.2. The first kappa shape index (κ1) is 16.5. The quantitative estimate of drug-likeness (QED) is 0.632. The van der Waals surface area contributed by atoms with Crippen LogP contribution in [0, 0.1) is 0 Å². The summed E-state index contributed by atoms with van der Waals surface area (Å²) in [6.07, 6.45) is 6.08. The highest BCUT2D eigenvalue weighted by molar-refractivity contribution is 7.98. The Balaban J connectivity index is 1.62. The highest BCUT2D eigenvalue weighted by Crippen LogP contribution is 2.46. The third-order valence-corrected chi connectivity index (χ3v) is 7.57. The molecule has 4 rings (SSSR count). The van der Waals surface area contributed by atoms with E-state index in [1.807, 2.05) is 24.1 Å². The van der Waals surface area contributed by atoms with Crippen molar-refractivity contribution in [1.82, 2.24) is 4.90 Å². The van der Waals surface area contributed by atoms with Crippen molar-refractivity contribution in [2.75, 3.05) is 7.05 Å². The van der Waals surface area contributed by atoms with Gasteiger partial charge in [0, 0.05) is 39.2 Å². The number of carbonyl (C=O) groups is 1. The van der Waals surface area contributed by atoms with Gasteiger partial charge in [-0.25, -0.2) is 0 Å². The maximum absolute atomic E-state index is 12.9. The number of hydrogen-bond donors (Lipinski definition) is 0. The van der Waals surface area contributed by atoms with Gasteiger partial charge in [-0.05, 0) is 36.6 Å². The fourth-order valence-corrected chi connectivity index (χ4v) is 6.31. The Morgan fingerprint density at radius 3 is 2.79 bits per heavy atom. The van der Waals surface area contributed by atoms with E-state index in [9.17, 15) is 4.79 Å². The standard InChI is InChI=1S/C19H20ClNOS2/c1-21(14-5-3-2-4-6-14)19(22)17-9-12-11-23-16-10-13(20)7-8-15(16)18(12)24-17/h7-10,14H,2-6,11H2,1H3. The summed E-state index contributed by atoms with van der Waals surface area (Å²) in [6, 6.07) is 8.56. The van der Waals surface area contributed by atoms with Gasteiger partial charge in [-0.2, -0.15) is 0 Å². The number of thioether (sulfide) groups is 1. The summed E-state index contributed by atoms with van der Waals surface area (Å²) in [5.41, 5.74) is 2.50. The Morgan fingerprint density at radius 2 is 2.00 bits per heavy atom. The molecule has 0 unspecified atom stereocenters. The Morgan fingerprint density at radius 1 is 1.21 bits per heavy atom. The molecule has 1 aromatic heterocycles. The van der Waals surface area contributed by atoms with Crippen molar-refractivity contribution < 1.29 is 4.79 Å². The SMILES string of the molecule is CN(C(=O)c1cc2c(s1)-c1ccc(Cl)cc1SC2)C1CCCCC1. The van der Waals surface area contributed by atoms with E-state index in [2.05, 4.69) is 12.1 Å². The van der Waals surface area contributed by atoms with E-state index >= 15 is 0 Å². The Hall–Kier alpha value is -0.970. The zero-order chi connectivity index (χ0) is 16.7. The van der Waals surface area contributed by atoms with Gasteiger partial charge < -0.3 is 4.90 Å². The van der Waals surface area contributed by atoms with E-state index in [4.69, 9.17) is 11.6 Å². The normalized spacial score (nSPS) is 17.2. The summed E-state index contributed by atoms with van der Waals surface area (Å²) < 4.78 is 0. The largest absolute Gasteiger partial charge is 0.338 e. The number of fused-ring (bicyclic) bond motifs is 3. The molecule has 1 aromatic carbocycles. The van der Waals surface area contributed by atoms with Crippen LogP contribution in [0.4, 0.5) is 0 Å². The smallest absolute Gasteiger partial charge is 0.263 e. The van der Waals surface area contributed by atoms with Crippen LogP contribution in [-0.2, 0) is 5.75 Å². The molecule has 126 valence electrons. The van der Waals surface area contributed by atoms with E-state index in [-0.39, 0.29) is 5.91 Å². The number of thiophene rings is 1. The van der Waals surface area contributed by atoms with Gasteiger partial charge in [0.15, 0.2) is 0 Å². The fourth-order valence-electron chi connectivity index (χ4n) is 3.64. The van der Waals surface area contributed by atoms with E-state index in [0.717, 1.165) is 28.5 Å². The molecule has 5 heteroatoms. The van der Waals surface area contributed by atoms with Gasteiger partial charge in [0.2, 0.25) is 0 Å². The van der Waals surface area contributed by atoms with Gasteiger partial charge in [-0.15, -0.1) is 23.1 Å². The molecule has 1 aliphatic carbocycles. The molecule has 1 fully saturated rings. The van der Waals surface area contributed by atoms with Crippen LogP contribution in [0.2, 0.25) is 5.02 Å². The summed E-state index contributed by atoms with van der Waals surface area (Å²) >= 11 is 9.56. The minimum atomic E-state index is 0.182. The molecule has 2 aromatic rings. The maximum atomic E-state index is 12.9. The highest BCUT2D eigenvalue weighted by Gasteiger charge is 2.27. The summed E-state index contributed by atoms with van der Waals surface area (Å²) in [5.74, 6) is 1.10. The minimum Gasteiger partial charge on any atom is -0.338 e. The fraction of sp³-hybridized carbons (Fsp3) is 0.421. The average Bonchev–Trinajstić information content (AvgIpc) is 3.05. The lowest BCUT2D eigenvalue weighted by Crippen LogP contribution is -2.37. The third kappa shape index (κ3) is 3.00. The van der Waals surface area contributed by atoms with Gasteiger partial charge in [0.1, 0.15) is 0 Å². The summed E-state index contributed by atoms with van der Waals surface area (Å²) in [6.45, 7) is 0. The zero-order valence-electron chi connectivity index (χ0n) is 13.7. The van der Waals surface area contributed by atoms with Crippen molar-refractivity contribution in [3.63, 3.8) is 0 Å². The molecule has 0 atom stereocenters. The molecule has 0 bridgehead atoms. The first-order valence-electron chi connectivity index (χ1n) is 8.46. The monoisotopic (exact) mass is 377 g/mol. The molecular weight excluding hydrogens is 358 g/mol. The van der Waals surface area contributed by atoms with E-state index in [0.29, 0.717) is 6.04 Å². The predicted octanol–water partition coefficient (Wildman–Crippen LogP) is 6.08. The lowest BCUT2D eigenvalue weighted by atomic mass is 9.94. The molecule has 0 radical (unpaired) electrons. The van der Waals surface area contributed by atoms with Gasteiger partial charge in [-0.3, -0.25) is 4.79 Å². The predicted molar refractivity (Wildman–Crippen MR) is 103 cm³/mol. The minimum absolute atomic E-state index is 0.182. The summed E-state index contributed by atoms with van der Waals surface area (Å²) in [5, 5.41) is 0.773. The number of rotatable bonds is 2. The molecule has 2 heterocycles. The summed E-state index contributed by atoms with van der Waals surface area (Å²) in [7, 11) is 1.97. The lowest BCUT2D eigenvalue weighted by molar-refractivity contribution is 0.0701. The van der Waals surface area contributed by atoms with Crippen LogP contribution in [-0.4, -0.2) is 23.9 Å².